The Balaban J connectivity index is 2.41. The fraction of sp³-hybridized carbons (Fsp3) is 0.900. The number of hydrogen-bond donors (Lipinski definition) is 2. The molecule has 1 aliphatic rings. The Hall–Kier alpha value is -0.570. The van der Waals surface area contributed by atoms with Crippen LogP contribution in [0.4, 0.5) is 0 Å². The molecule has 3 nitrogen and oxygen atoms in total. The molecule has 0 aliphatic carbocycles. The standard InChI is InChI=1S/C10H21N3/c1-7-5-13(6-8(7)2)9(3)4-10(11)12/h7-9H,4-6H2,1-3H3,(H3,11,12). The lowest BCUT2D eigenvalue weighted by Crippen LogP contribution is -2.34. The smallest absolute Gasteiger partial charge is 0.0920 e. The fourth-order valence-electron chi connectivity index (χ4n) is 1.98. The lowest BCUT2D eigenvalue weighted by atomic mass is 10.0. The summed E-state index contributed by atoms with van der Waals surface area (Å²) in [6.45, 7) is 9.08. The zero-order valence-corrected chi connectivity index (χ0v) is 8.88. The highest BCUT2D eigenvalue weighted by Gasteiger charge is 2.28. The van der Waals surface area contributed by atoms with Crippen molar-refractivity contribution in [2.75, 3.05) is 13.1 Å². The molecule has 13 heavy (non-hydrogen) atoms. The van der Waals surface area contributed by atoms with Crippen molar-refractivity contribution in [2.45, 2.75) is 33.2 Å². The molecule has 0 amide bonds. The van der Waals surface area contributed by atoms with E-state index in [4.69, 9.17) is 11.1 Å². The van der Waals surface area contributed by atoms with Gasteiger partial charge in [-0.05, 0) is 18.8 Å². The van der Waals surface area contributed by atoms with Crippen molar-refractivity contribution < 1.29 is 0 Å². The summed E-state index contributed by atoms with van der Waals surface area (Å²) in [6.07, 6.45) is 0.708. The Kier molecular flexibility index (Phi) is 3.31. The van der Waals surface area contributed by atoms with Crippen LogP contribution in [0.25, 0.3) is 0 Å². The summed E-state index contributed by atoms with van der Waals surface area (Å²) in [5, 5.41) is 7.24. The molecule has 1 saturated heterocycles. The zero-order chi connectivity index (χ0) is 10.0. The van der Waals surface area contributed by atoms with Crippen molar-refractivity contribution in [2.24, 2.45) is 17.6 Å². The van der Waals surface area contributed by atoms with Gasteiger partial charge in [0.1, 0.15) is 0 Å². The molecule has 3 N–H and O–H groups in total. The molecular weight excluding hydrogens is 162 g/mol. The van der Waals surface area contributed by atoms with Crippen LogP contribution in [0.3, 0.4) is 0 Å². The summed E-state index contributed by atoms with van der Waals surface area (Å²) < 4.78 is 0. The SMILES string of the molecule is CC1CN(C(C)CC(=N)N)CC1C. The molecule has 0 aromatic carbocycles. The van der Waals surface area contributed by atoms with Gasteiger partial charge >= 0.3 is 0 Å². The van der Waals surface area contributed by atoms with Crippen LogP contribution in [0.15, 0.2) is 0 Å². The average molecular weight is 183 g/mol. The molecule has 0 saturated carbocycles. The molecule has 3 unspecified atom stereocenters. The largest absolute Gasteiger partial charge is 0.388 e. The number of amidine groups is 1. The van der Waals surface area contributed by atoms with Crippen molar-refractivity contribution in [1.29, 1.82) is 5.41 Å². The van der Waals surface area contributed by atoms with Crippen LogP contribution in [0.2, 0.25) is 0 Å². The second-order valence-electron chi connectivity index (χ2n) is 4.49. The van der Waals surface area contributed by atoms with Crippen molar-refractivity contribution in [1.82, 2.24) is 4.90 Å². The van der Waals surface area contributed by atoms with Gasteiger partial charge in [0.05, 0.1) is 5.84 Å². The molecule has 0 radical (unpaired) electrons. The quantitative estimate of drug-likeness (QED) is 0.511. The van der Waals surface area contributed by atoms with Crippen LogP contribution in [0.5, 0.6) is 0 Å². The first-order chi connectivity index (χ1) is 6.00. The second kappa shape index (κ2) is 4.09. The van der Waals surface area contributed by atoms with Crippen molar-refractivity contribution in [3.63, 3.8) is 0 Å². The maximum absolute atomic E-state index is 7.24. The Morgan fingerprint density at radius 1 is 1.46 bits per heavy atom. The molecule has 76 valence electrons. The van der Waals surface area contributed by atoms with Gasteiger partial charge in [-0.1, -0.05) is 13.8 Å². The van der Waals surface area contributed by atoms with E-state index in [2.05, 4.69) is 25.7 Å². The van der Waals surface area contributed by atoms with Gasteiger partial charge in [-0.3, -0.25) is 10.3 Å². The predicted molar refractivity (Wildman–Crippen MR) is 55.9 cm³/mol. The van der Waals surface area contributed by atoms with Gasteiger partial charge in [0.2, 0.25) is 0 Å². The molecule has 0 spiro atoms. The van der Waals surface area contributed by atoms with E-state index in [0.29, 0.717) is 18.3 Å². The first kappa shape index (κ1) is 10.5. The highest BCUT2D eigenvalue weighted by molar-refractivity contribution is 5.77. The number of nitrogens with two attached hydrogens (primary N) is 1. The van der Waals surface area contributed by atoms with Gasteiger partial charge in [0.25, 0.3) is 0 Å². The van der Waals surface area contributed by atoms with E-state index >= 15 is 0 Å². The highest BCUT2D eigenvalue weighted by Crippen LogP contribution is 2.24. The highest BCUT2D eigenvalue weighted by atomic mass is 15.2. The van der Waals surface area contributed by atoms with Crippen LogP contribution in [0, 0.1) is 17.2 Å². The summed E-state index contributed by atoms with van der Waals surface area (Å²) >= 11 is 0. The first-order valence-electron chi connectivity index (χ1n) is 5.07. The Morgan fingerprint density at radius 2 is 1.92 bits per heavy atom. The number of rotatable bonds is 3. The number of hydrogen-bond acceptors (Lipinski definition) is 2. The van der Waals surface area contributed by atoms with Gasteiger partial charge in [-0.15, -0.1) is 0 Å². The van der Waals surface area contributed by atoms with Crippen LogP contribution in [-0.2, 0) is 0 Å². The average Bonchev–Trinajstić information content (AvgIpc) is 2.31. The van der Waals surface area contributed by atoms with E-state index in [1.807, 2.05) is 0 Å². The molecule has 3 heteroatoms. The molecule has 0 aromatic rings. The molecule has 1 fully saturated rings. The fourth-order valence-corrected chi connectivity index (χ4v) is 1.98. The molecule has 1 heterocycles. The minimum Gasteiger partial charge on any atom is -0.388 e. The van der Waals surface area contributed by atoms with Gasteiger partial charge in [0, 0.05) is 25.6 Å². The predicted octanol–water partition coefficient (Wildman–Crippen LogP) is 1.29. The number of likely N-dealkylation sites (tertiary alicyclic amines) is 1. The topological polar surface area (TPSA) is 53.1 Å². The van der Waals surface area contributed by atoms with Crippen molar-refractivity contribution in [3.8, 4) is 0 Å². The Bertz CT molecular complexity index is 181. The summed E-state index contributed by atoms with van der Waals surface area (Å²) in [5.74, 6) is 1.88. The maximum Gasteiger partial charge on any atom is 0.0920 e. The van der Waals surface area contributed by atoms with Crippen molar-refractivity contribution in [3.05, 3.63) is 0 Å². The minimum absolute atomic E-state index is 0.305. The first-order valence-corrected chi connectivity index (χ1v) is 5.07. The van der Waals surface area contributed by atoms with Crippen molar-refractivity contribution >= 4 is 5.84 Å². The molecule has 0 aromatic heterocycles. The van der Waals surface area contributed by atoms with Crippen LogP contribution in [-0.4, -0.2) is 29.9 Å². The van der Waals surface area contributed by atoms with Gasteiger partial charge in [0.15, 0.2) is 0 Å². The molecule has 1 rings (SSSR count). The van der Waals surface area contributed by atoms with E-state index in [-0.39, 0.29) is 0 Å². The van der Waals surface area contributed by atoms with Gasteiger partial charge in [-0.2, -0.15) is 0 Å². The van der Waals surface area contributed by atoms with Crippen LogP contribution < -0.4 is 5.73 Å². The summed E-state index contributed by atoms with van der Waals surface area (Å²) in [4.78, 5) is 2.44. The minimum atomic E-state index is 0.305. The molecule has 3 atom stereocenters. The van der Waals surface area contributed by atoms with E-state index in [1.54, 1.807) is 0 Å². The molecule has 1 aliphatic heterocycles. The third-order valence-corrected chi connectivity index (χ3v) is 3.16. The number of nitrogens with zero attached hydrogens (tertiary/aromatic N) is 1. The van der Waals surface area contributed by atoms with E-state index in [1.165, 1.54) is 0 Å². The Morgan fingerprint density at radius 3 is 2.31 bits per heavy atom. The summed E-state index contributed by atoms with van der Waals surface area (Å²) in [6, 6.07) is 0.435. The lowest BCUT2D eigenvalue weighted by Gasteiger charge is -2.23. The monoisotopic (exact) mass is 183 g/mol. The van der Waals surface area contributed by atoms with Crippen LogP contribution >= 0.6 is 0 Å². The van der Waals surface area contributed by atoms with Crippen LogP contribution in [0.1, 0.15) is 27.2 Å². The van der Waals surface area contributed by atoms with E-state index < -0.39 is 0 Å². The third kappa shape index (κ3) is 2.69. The Labute approximate surface area is 80.8 Å². The summed E-state index contributed by atoms with van der Waals surface area (Å²) in [7, 11) is 0. The van der Waals surface area contributed by atoms with Gasteiger partial charge in [-0.25, -0.2) is 0 Å². The number of nitrogens with one attached hydrogen (secondary N) is 1. The third-order valence-electron chi connectivity index (χ3n) is 3.16. The maximum atomic E-state index is 7.24. The summed E-state index contributed by atoms with van der Waals surface area (Å²) in [5.41, 5.74) is 5.39. The molecular formula is C10H21N3. The normalized spacial score (nSPS) is 31.9. The van der Waals surface area contributed by atoms with E-state index in [9.17, 15) is 0 Å². The van der Waals surface area contributed by atoms with Gasteiger partial charge < -0.3 is 5.73 Å². The lowest BCUT2D eigenvalue weighted by molar-refractivity contribution is 0.252. The second-order valence-corrected chi connectivity index (χ2v) is 4.49. The van der Waals surface area contributed by atoms with E-state index in [0.717, 1.165) is 24.9 Å². The molecule has 0 bridgehead atoms. The zero-order valence-electron chi connectivity index (χ0n) is 8.88.